The molecule has 3 aromatic heterocycles. The van der Waals surface area contributed by atoms with Crippen molar-refractivity contribution in [1.82, 2.24) is 15.0 Å². The van der Waals surface area contributed by atoms with Crippen molar-refractivity contribution in [3.63, 3.8) is 0 Å². The molecule has 0 aliphatic rings. The topological polar surface area (TPSA) is 79.9 Å². The highest BCUT2D eigenvalue weighted by Crippen LogP contribution is 2.31. The summed E-state index contributed by atoms with van der Waals surface area (Å²) in [7, 11) is 0. The molecule has 32 heavy (non-hydrogen) atoms. The molecule has 0 saturated carbocycles. The molecular weight excluding hydrogens is 424 g/mol. The van der Waals surface area contributed by atoms with Crippen LogP contribution in [-0.2, 0) is 0 Å². The Morgan fingerprint density at radius 3 is 2.66 bits per heavy atom. The summed E-state index contributed by atoms with van der Waals surface area (Å²) in [4.78, 5) is 24.4. The van der Waals surface area contributed by atoms with Gasteiger partial charge in [0.1, 0.15) is 11.6 Å². The molecule has 0 unspecified atom stereocenters. The number of hydrogen-bond donors (Lipinski definition) is 2. The fraction of sp³-hybridized carbons (Fsp3) is 0.240. The summed E-state index contributed by atoms with van der Waals surface area (Å²) in [5, 5.41) is 4.68. The average Bonchev–Trinajstić information content (AvgIpc) is 2.74. The highest BCUT2D eigenvalue weighted by Gasteiger charge is 2.14. The molecule has 7 heteroatoms. The van der Waals surface area contributed by atoms with Crippen LogP contribution in [-0.4, -0.2) is 21.1 Å². The third kappa shape index (κ3) is 4.60. The second-order valence-electron chi connectivity index (χ2n) is 8.08. The molecule has 164 valence electrons. The zero-order valence-electron chi connectivity index (χ0n) is 18.4. The van der Waals surface area contributed by atoms with Crippen molar-refractivity contribution in [2.45, 2.75) is 39.8 Å². The van der Waals surface area contributed by atoms with Gasteiger partial charge in [0.2, 0.25) is 0 Å². The number of aromatic amines is 1. The zero-order chi connectivity index (χ0) is 22.8. The second kappa shape index (κ2) is 9.01. The summed E-state index contributed by atoms with van der Waals surface area (Å²) >= 11 is 6.39. The Morgan fingerprint density at radius 2 is 1.91 bits per heavy atom. The van der Waals surface area contributed by atoms with Gasteiger partial charge in [-0.05, 0) is 74.7 Å². The number of benzene rings is 1. The first kappa shape index (κ1) is 21.8. The molecule has 0 bridgehead atoms. The fourth-order valence-electron chi connectivity index (χ4n) is 3.66. The standard InChI is InChI=1S/C25H25ClN4O2/c1-14(2)32-23-12-22-18(10-21(23)26)9-20(25(31)30-22)16(4)29-24-11-17(5-8-28-24)19-6-7-27-13-15(19)3/h5-14,16H,1-4H3,(H,28,29)(H,30,31)/t16-/m0/s1. The molecular formula is C25H25ClN4O2. The lowest BCUT2D eigenvalue weighted by Gasteiger charge is -2.17. The van der Waals surface area contributed by atoms with Crippen LogP contribution in [0.2, 0.25) is 5.02 Å². The van der Waals surface area contributed by atoms with Crippen molar-refractivity contribution < 1.29 is 4.74 Å². The molecule has 0 spiro atoms. The lowest BCUT2D eigenvalue weighted by Crippen LogP contribution is -2.20. The molecule has 4 aromatic rings. The van der Waals surface area contributed by atoms with Gasteiger partial charge in [0.15, 0.2) is 0 Å². The summed E-state index contributed by atoms with van der Waals surface area (Å²) in [6.07, 6.45) is 5.35. The highest BCUT2D eigenvalue weighted by atomic mass is 35.5. The number of rotatable bonds is 6. The largest absolute Gasteiger partial charge is 0.489 e. The Balaban J connectivity index is 1.64. The number of fused-ring (bicyclic) bond motifs is 1. The van der Waals surface area contributed by atoms with Crippen molar-refractivity contribution in [2.24, 2.45) is 0 Å². The van der Waals surface area contributed by atoms with E-state index in [-0.39, 0.29) is 17.7 Å². The van der Waals surface area contributed by atoms with Gasteiger partial charge in [0, 0.05) is 35.6 Å². The maximum Gasteiger partial charge on any atom is 0.253 e. The van der Waals surface area contributed by atoms with Gasteiger partial charge >= 0.3 is 0 Å². The number of nitrogens with one attached hydrogen (secondary N) is 2. The van der Waals surface area contributed by atoms with E-state index < -0.39 is 0 Å². The zero-order valence-corrected chi connectivity index (χ0v) is 19.2. The number of pyridine rings is 3. The van der Waals surface area contributed by atoms with Crippen LogP contribution >= 0.6 is 11.6 Å². The van der Waals surface area contributed by atoms with Crippen LogP contribution in [0.5, 0.6) is 5.75 Å². The summed E-state index contributed by atoms with van der Waals surface area (Å²) in [6.45, 7) is 7.81. The lowest BCUT2D eigenvalue weighted by molar-refractivity contribution is 0.243. The summed E-state index contributed by atoms with van der Waals surface area (Å²) in [6, 6.07) is 11.1. The van der Waals surface area contributed by atoms with Crippen molar-refractivity contribution in [2.75, 3.05) is 5.32 Å². The monoisotopic (exact) mass is 448 g/mol. The molecule has 0 aliphatic heterocycles. The normalized spacial score (nSPS) is 12.2. The number of H-pyrrole nitrogens is 1. The van der Waals surface area contributed by atoms with Gasteiger partial charge in [-0.15, -0.1) is 0 Å². The number of nitrogens with zero attached hydrogens (tertiary/aromatic N) is 2. The Morgan fingerprint density at radius 1 is 1.09 bits per heavy atom. The number of anilines is 1. The molecule has 2 N–H and O–H groups in total. The van der Waals surface area contributed by atoms with E-state index >= 15 is 0 Å². The van der Waals surface area contributed by atoms with Gasteiger partial charge in [-0.1, -0.05) is 11.6 Å². The number of aromatic nitrogens is 3. The highest BCUT2D eigenvalue weighted by molar-refractivity contribution is 6.32. The quantitative estimate of drug-likeness (QED) is 0.383. The Labute approximate surface area is 191 Å². The first-order valence-corrected chi connectivity index (χ1v) is 10.9. The molecule has 0 saturated heterocycles. The number of halogens is 1. The van der Waals surface area contributed by atoms with E-state index in [4.69, 9.17) is 16.3 Å². The molecule has 4 rings (SSSR count). The maximum absolute atomic E-state index is 12.8. The number of hydrogen-bond acceptors (Lipinski definition) is 5. The summed E-state index contributed by atoms with van der Waals surface area (Å²) in [5.74, 6) is 1.24. The molecule has 1 aromatic carbocycles. The molecule has 0 radical (unpaired) electrons. The first-order chi connectivity index (χ1) is 15.3. The Kier molecular flexibility index (Phi) is 6.15. The number of aryl methyl sites for hydroxylation is 1. The first-order valence-electron chi connectivity index (χ1n) is 10.5. The van der Waals surface area contributed by atoms with Crippen LogP contribution < -0.4 is 15.6 Å². The van der Waals surface area contributed by atoms with Crippen molar-refractivity contribution in [3.05, 3.63) is 81.5 Å². The van der Waals surface area contributed by atoms with Crippen LogP contribution in [0.4, 0.5) is 5.82 Å². The second-order valence-corrected chi connectivity index (χ2v) is 8.48. The van der Waals surface area contributed by atoms with E-state index in [0.717, 1.165) is 22.1 Å². The lowest BCUT2D eigenvalue weighted by atomic mass is 10.0. The van der Waals surface area contributed by atoms with Crippen LogP contribution in [0.1, 0.15) is 37.9 Å². The minimum Gasteiger partial charge on any atom is -0.489 e. The predicted octanol–water partition coefficient (Wildman–Crippen LogP) is 5.91. The van der Waals surface area contributed by atoms with Crippen molar-refractivity contribution >= 4 is 28.3 Å². The van der Waals surface area contributed by atoms with Gasteiger partial charge < -0.3 is 15.0 Å². The fourth-order valence-corrected chi connectivity index (χ4v) is 3.88. The maximum atomic E-state index is 12.8. The van der Waals surface area contributed by atoms with Gasteiger partial charge in [0.25, 0.3) is 5.56 Å². The van der Waals surface area contributed by atoms with Gasteiger partial charge in [0.05, 0.1) is 22.7 Å². The molecule has 3 heterocycles. The predicted molar refractivity (Wildman–Crippen MR) is 130 cm³/mol. The molecule has 1 atom stereocenters. The van der Waals surface area contributed by atoms with E-state index in [2.05, 4.69) is 20.3 Å². The van der Waals surface area contributed by atoms with Crippen molar-refractivity contribution in [1.29, 1.82) is 0 Å². The third-order valence-corrected chi connectivity index (χ3v) is 5.51. The smallest absolute Gasteiger partial charge is 0.253 e. The summed E-state index contributed by atoms with van der Waals surface area (Å²) < 4.78 is 5.73. The van der Waals surface area contributed by atoms with Gasteiger partial charge in [-0.25, -0.2) is 4.98 Å². The van der Waals surface area contributed by atoms with E-state index in [0.29, 0.717) is 27.7 Å². The van der Waals surface area contributed by atoms with Crippen LogP contribution in [0.3, 0.4) is 0 Å². The van der Waals surface area contributed by atoms with E-state index in [9.17, 15) is 4.79 Å². The van der Waals surface area contributed by atoms with Crippen molar-refractivity contribution in [3.8, 4) is 16.9 Å². The molecule has 0 aliphatic carbocycles. The van der Waals surface area contributed by atoms with E-state index in [1.807, 2.05) is 64.2 Å². The molecule has 6 nitrogen and oxygen atoms in total. The van der Waals surface area contributed by atoms with Crippen LogP contribution in [0.25, 0.3) is 22.0 Å². The SMILES string of the molecule is Cc1cnccc1-c1ccnc(N[C@@H](C)c2cc3cc(Cl)c(OC(C)C)cc3[nH]c2=O)c1. The van der Waals surface area contributed by atoms with E-state index in [1.54, 1.807) is 18.5 Å². The summed E-state index contributed by atoms with van der Waals surface area (Å²) in [5.41, 5.74) is 4.32. The minimum atomic E-state index is -0.269. The molecule has 0 fully saturated rings. The van der Waals surface area contributed by atoms with Crippen LogP contribution in [0, 0.1) is 6.92 Å². The van der Waals surface area contributed by atoms with E-state index in [1.165, 1.54) is 0 Å². The molecule has 0 amide bonds. The third-order valence-electron chi connectivity index (χ3n) is 5.21. The minimum absolute atomic E-state index is 0.0145. The average molecular weight is 449 g/mol. The van der Waals surface area contributed by atoms with Crippen LogP contribution in [0.15, 0.2) is 59.8 Å². The Hall–Kier alpha value is -3.38. The van der Waals surface area contributed by atoms with Gasteiger partial charge in [-0.2, -0.15) is 0 Å². The van der Waals surface area contributed by atoms with Gasteiger partial charge in [-0.3, -0.25) is 9.78 Å². The Bertz CT molecular complexity index is 1330. The number of ether oxygens (including phenoxy) is 1.